The van der Waals surface area contributed by atoms with E-state index in [-0.39, 0.29) is 12.0 Å². The molecule has 5 N–H and O–H groups in total. The van der Waals surface area contributed by atoms with Crippen molar-refractivity contribution in [2.45, 2.75) is 33.4 Å². The van der Waals surface area contributed by atoms with E-state index in [0.717, 1.165) is 22.5 Å². The minimum absolute atomic E-state index is 0.0175. The second-order valence-electron chi connectivity index (χ2n) is 7.67. The molecule has 0 bridgehead atoms. The minimum Gasteiger partial charge on any atom is -0.368 e. The number of aryl methyl sites for hydroxylation is 1. The van der Waals surface area contributed by atoms with E-state index in [0.29, 0.717) is 24.2 Å². The summed E-state index contributed by atoms with van der Waals surface area (Å²) in [5.74, 6) is 2.38. The molecule has 0 saturated heterocycles. The predicted octanol–water partition coefficient (Wildman–Crippen LogP) is 3.87. The summed E-state index contributed by atoms with van der Waals surface area (Å²) in [6.45, 7) is 6.78. The van der Waals surface area contributed by atoms with E-state index in [2.05, 4.69) is 44.4 Å². The van der Waals surface area contributed by atoms with E-state index >= 15 is 0 Å². The normalized spacial score (nSPS) is 12.4. The van der Waals surface area contributed by atoms with Gasteiger partial charge in [0.25, 0.3) is 0 Å². The number of aromatic nitrogens is 5. The van der Waals surface area contributed by atoms with Crippen LogP contribution in [-0.2, 0) is 6.54 Å². The number of nitrogens with zero attached hydrogens (tertiary/aromatic N) is 4. The molecule has 0 aliphatic carbocycles. The third kappa shape index (κ3) is 4.55. The first kappa shape index (κ1) is 19.8. The van der Waals surface area contributed by atoms with E-state index in [4.69, 9.17) is 10.7 Å². The molecular weight excluding hydrogens is 376 g/mol. The van der Waals surface area contributed by atoms with E-state index < -0.39 is 0 Å². The number of hydrogen-bond acceptors (Lipinski definition) is 7. The topological polar surface area (TPSA) is 117 Å². The molecule has 8 nitrogen and oxygen atoms in total. The maximum absolute atomic E-state index is 5.92. The zero-order valence-electron chi connectivity index (χ0n) is 17.3. The SMILES string of the molecule is Cc1ccc(Nc2nc(N)nc(CN[C@H](c3nc4ccccc4[nH]3)C(C)C)n2)cc1. The maximum atomic E-state index is 5.92. The Kier molecular flexibility index (Phi) is 5.58. The first-order valence-electron chi connectivity index (χ1n) is 10.00. The van der Waals surface area contributed by atoms with Crippen LogP contribution in [0.15, 0.2) is 48.5 Å². The van der Waals surface area contributed by atoms with Gasteiger partial charge in [0.15, 0.2) is 0 Å². The molecule has 0 unspecified atom stereocenters. The van der Waals surface area contributed by atoms with Crippen molar-refractivity contribution in [3.05, 3.63) is 65.7 Å². The fourth-order valence-corrected chi connectivity index (χ4v) is 3.31. The Morgan fingerprint density at radius 1 is 0.967 bits per heavy atom. The average molecular weight is 403 g/mol. The lowest BCUT2D eigenvalue weighted by Gasteiger charge is -2.20. The number of anilines is 3. The first-order chi connectivity index (χ1) is 14.5. The first-order valence-corrected chi connectivity index (χ1v) is 10.00. The number of para-hydroxylation sites is 2. The minimum atomic E-state index is 0.0175. The third-order valence-corrected chi connectivity index (χ3v) is 4.86. The second-order valence-corrected chi connectivity index (χ2v) is 7.67. The highest BCUT2D eigenvalue weighted by Crippen LogP contribution is 2.22. The standard InChI is InChI=1S/C22H26N8/c1-13(2)19(20-26-16-6-4-5-7-17(16)27-20)24-12-18-28-21(23)30-22(29-18)25-15-10-8-14(3)9-11-15/h4-11,13,19,24H,12H2,1-3H3,(H,26,27)(H3,23,25,28,29,30)/t19-/m0/s1. The van der Waals surface area contributed by atoms with Gasteiger partial charge in [-0.2, -0.15) is 15.0 Å². The van der Waals surface area contributed by atoms with Crippen LogP contribution in [0.4, 0.5) is 17.6 Å². The van der Waals surface area contributed by atoms with Gasteiger partial charge in [0.2, 0.25) is 11.9 Å². The van der Waals surface area contributed by atoms with Crippen LogP contribution in [0.25, 0.3) is 11.0 Å². The summed E-state index contributed by atoms with van der Waals surface area (Å²) >= 11 is 0. The second kappa shape index (κ2) is 8.46. The Labute approximate surface area is 175 Å². The molecule has 0 aliphatic rings. The maximum Gasteiger partial charge on any atom is 0.232 e. The summed E-state index contributed by atoms with van der Waals surface area (Å²) in [6.07, 6.45) is 0. The molecule has 0 aliphatic heterocycles. The van der Waals surface area contributed by atoms with Crippen molar-refractivity contribution in [1.29, 1.82) is 0 Å². The molecule has 4 aromatic rings. The largest absolute Gasteiger partial charge is 0.368 e. The molecule has 2 aromatic carbocycles. The Hall–Kier alpha value is -3.52. The molecule has 1 atom stereocenters. The van der Waals surface area contributed by atoms with Crippen molar-refractivity contribution in [1.82, 2.24) is 30.2 Å². The molecule has 30 heavy (non-hydrogen) atoms. The molecule has 154 valence electrons. The molecule has 0 amide bonds. The predicted molar refractivity (Wildman–Crippen MR) is 119 cm³/mol. The van der Waals surface area contributed by atoms with Gasteiger partial charge in [-0.15, -0.1) is 0 Å². The van der Waals surface area contributed by atoms with Gasteiger partial charge < -0.3 is 21.4 Å². The molecule has 0 spiro atoms. The molecule has 8 heteroatoms. The highest BCUT2D eigenvalue weighted by molar-refractivity contribution is 5.74. The number of nitrogens with two attached hydrogens (primary N) is 1. The van der Waals surface area contributed by atoms with Gasteiger partial charge in [-0.3, -0.25) is 0 Å². The number of benzene rings is 2. The van der Waals surface area contributed by atoms with Gasteiger partial charge >= 0.3 is 0 Å². The van der Waals surface area contributed by atoms with Crippen molar-refractivity contribution in [2.75, 3.05) is 11.1 Å². The highest BCUT2D eigenvalue weighted by Gasteiger charge is 2.20. The van der Waals surface area contributed by atoms with Gasteiger partial charge in [0, 0.05) is 5.69 Å². The number of hydrogen-bond donors (Lipinski definition) is 4. The summed E-state index contributed by atoms with van der Waals surface area (Å²) in [4.78, 5) is 21.1. The van der Waals surface area contributed by atoms with Crippen LogP contribution < -0.4 is 16.4 Å². The summed E-state index contributed by atoms with van der Waals surface area (Å²) in [5, 5.41) is 6.69. The van der Waals surface area contributed by atoms with Gasteiger partial charge in [-0.1, -0.05) is 43.7 Å². The zero-order valence-corrected chi connectivity index (χ0v) is 17.3. The van der Waals surface area contributed by atoms with Crippen LogP contribution in [0.3, 0.4) is 0 Å². The molecule has 0 fully saturated rings. The Balaban J connectivity index is 1.51. The highest BCUT2D eigenvalue weighted by atomic mass is 15.2. The summed E-state index contributed by atoms with van der Waals surface area (Å²) in [5.41, 5.74) is 9.97. The zero-order chi connectivity index (χ0) is 21.1. The van der Waals surface area contributed by atoms with Crippen molar-refractivity contribution >= 4 is 28.6 Å². The molecule has 2 heterocycles. The van der Waals surface area contributed by atoms with Crippen LogP contribution in [0, 0.1) is 12.8 Å². The van der Waals surface area contributed by atoms with E-state index in [9.17, 15) is 0 Å². The summed E-state index contributed by atoms with van der Waals surface area (Å²) < 4.78 is 0. The smallest absolute Gasteiger partial charge is 0.232 e. The number of fused-ring (bicyclic) bond motifs is 1. The fraction of sp³-hybridized carbons (Fsp3) is 0.273. The number of aromatic amines is 1. The van der Waals surface area contributed by atoms with Crippen molar-refractivity contribution in [3.8, 4) is 0 Å². The van der Waals surface area contributed by atoms with Crippen molar-refractivity contribution in [2.24, 2.45) is 5.92 Å². The lowest BCUT2D eigenvalue weighted by molar-refractivity contribution is 0.391. The van der Waals surface area contributed by atoms with Crippen molar-refractivity contribution < 1.29 is 0 Å². The van der Waals surface area contributed by atoms with Gasteiger partial charge in [-0.25, -0.2) is 4.98 Å². The number of H-pyrrole nitrogens is 1. The van der Waals surface area contributed by atoms with Crippen LogP contribution in [0.2, 0.25) is 0 Å². The number of imidazole rings is 1. The molecule has 4 rings (SSSR count). The van der Waals surface area contributed by atoms with Gasteiger partial charge in [-0.05, 0) is 37.1 Å². The number of nitrogen functional groups attached to an aromatic ring is 1. The molecule has 0 saturated carbocycles. The van der Waals surface area contributed by atoms with Crippen LogP contribution >= 0.6 is 0 Å². The lowest BCUT2D eigenvalue weighted by Crippen LogP contribution is -2.27. The Bertz CT molecular complexity index is 1100. The fourth-order valence-electron chi connectivity index (χ4n) is 3.31. The molecule has 2 aromatic heterocycles. The molecular formula is C22H26N8. The van der Waals surface area contributed by atoms with E-state index in [1.54, 1.807) is 0 Å². The van der Waals surface area contributed by atoms with Crippen LogP contribution in [-0.4, -0.2) is 24.9 Å². The lowest BCUT2D eigenvalue weighted by atomic mass is 10.0. The van der Waals surface area contributed by atoms with Crippen molar-refractivity contribution in [3.63, 3.8) is 0 Å². The summed E-state index contributed by atoms with van der Waals surface area (Å²) in [7, 11) is 0. The van der Waals surface area contributed by atoms with Gasteiger partial charge in [0.05, 0.1) is 23.6 Å². The van der Waals surface area contributed by atoms with E-state index in [1.165, 1.54) is 5.56 Å². The molecule has 0 radical (unpaired) electrons. The monoisotopic (exact) mass is 402 g/mol. The quantitative estimate of drug-likeness (QED) is 0.371. The van der Waals surface area contributed by atoms with Gasteiger partial charge in [0.1, 0.15) is 11.6 Å². The average Bonchev–Trinajstić information content (AvgIpc) is 3.13. The van der Waals surface area contributed by atoms with Crippen LogP contribution in [0.5, 0.6) is 0 Å². The number of nitrogens with one attached hydrogen (secondary N) is 3. The number of rotatable bonds is 7. The van der Waals surface area contributed by atoms with Crippen LogP contribution in [0.1, 0.15) is 37.1 Å². The summed E-state index contributed by atoms with van der Waals surface area (Å²) in [6, 6.07) is 16.0. The Morgan fingerprint density at radius 2 is 1.73 bits per heavy atom. The van der Waals surface area contributed by atoms with E-state index in [1.807, 2.05) is 55.5 Å². The Morgan fingerprint density at radius 3 is 2.47 bits per heavy atom. The third-order valence-electron chi connectivity index (χ3n) is 4.86.